The number of nitrogens with zero attached hydrogens (tertiary/aromatic N) is 5. The number of likely N-dealkylation sites (N-methyl/N-ethyl adjacent to an activating group) is 1. The van der Waals surface area contributed by atoms with Crippen molar-refractivity contribution in [3.05, 3.63) is 42.2 Å². The van der Waals surface area contributed by atoms with Gasteiger partial charge in [0.2, 0.25) is 5.88 Å². The maximum Gasteiger partial charge on any atom is 0.251 e. The lowest BCUT2D eigenvalue weighted by Crippen LogP contribution is -2.34. The molecule has 0 aliphatic carbocycles. The number of hydrogen-bond acceptors (Lipinski definition) is 7. The van der Waals surface area contributed by atoms with Crippen molar-refractivity contribution in [2.24, 2.45) is 0 Å². The number of aromatic nitrogens is 2. The standard InChI is InChI=1S/C25H27N5O3/c1-25(15-26)23-18-11-17(16-7-8-22(28-13-16)33-10-6-9-29(2)3)21(32-5)12-19(18)27-14-20(23)30(4)24(25)31/h7-8,11-14H,6,9-10H2,1-5H3. The molecule has 0 fully saturated rings. The van der Waals surface area contributed by atoms with E-state index in [1.165, 1.54) is 4.90 Å². The quantitative estimate of drug-likeness (QED) is 0.515. The second kappa shape index (κ2) is 8.68. The monoisotopic (exact) mass is 445 g/mol. The van der Waals surface area contributed by atoms with Crippen LogP contribution in [-0.4, -0.2) is 62.2 Å². The van der Waals surface area contributed by atoms with E-state index in [0.29, 0.717) is 35.0 Å². The highest BCUT2D eigenvalue weighted by atomic mass is 16.5. The molecule has 2 aromatic heterocycles. The van der Waals surface area contributed by atoms with Gasteiger partial charge < -0.3 is 19.3 Å². The average molecular weight is 446 g/mol. The number of ether oxygens (including phenoxy) is 2. The molecule has 1 unspecified atom stereocenters. The summed E-state index contributed by atoms with van der Waals surface area (Å²) in [5, 5.41) is 10.6. The Morgan fingerprint density at radius 2 is 2.00 bits per heavy atom. The Kier molecular flexibility index (Phi) is 5.91. The maximum absolute atomic E-state index is 12.8. The number of nitriles is 1. The van der Waals surface area contributed by atoms with Crippen LogP contribution in [0, 0.1) is 11.3 Å². The predicted molar refractivity (Wildman–Crippen MR) is 127 cm³/mol. The fourth-order valence-corrected chi connectivity index (χ4v) is 4.22. The number of carbonyl (C=O) groups excluding carboxylic acids is 1. The van der Waals surface area contributed by atoms with Crippen molar-refractivity contribution in [2.75, 3.05) is 46.3 Å². The molecule has 1 aliphatic rings. The van der Waals surface area contributed by atoms with Gasteiger partial charge in [-0.3, -0.25) is 9.78 Å². The molecule has 1 amide bonds. The summed E-state index contributed by atoms with van der Waals surface area (Å²) in [6.07, 6.45) is 4.29. The molecule has 4 rings (SSSR count). The molecule has 3 heterocycles. The van der Waals surface area contributed by atoms with E-state index in [2.05, 4.69) is 20.9 Å². The second-order valence-electron chi connectivity index (χ2n) is 8.58. The summed E-state index contributed by atoms with van der Waals surface area (Å²) < 4.78 is 11.4. The van der Waals surface area contributed by atoms with Crippen molar-refractivity contribution >= 4 is 22.5 Å². The summed E-state index contributed by atoms with van der Waals surface area (Å²) in [7, 11) is 7.33. The van der Waals surface area contributed by atoms with Gasteiger partial charge in [0.05, 0.1) is 37.2 Å². The Balaban J connectivity index is 1.75. The van der Waals surface area contributed by atoms with Crippen molar-refractivity contribution in [2.45, 2.75) is 18.8 Å². The van der Waals surface area contributed by atoms with E-state index >= 15 is 0 Å². The van der Waals surface area contributed by atoms with Crippen molar-refractivity contribution < 1.29 is 14.3 Å². The molecule has 1 atom stereocenters. The first-order chi connectivity index (χ1) is 15.8. The number of pyridine rings is 2. The molecular formula is C25H27N5O3. The Hall–Kier alpha value is -3.70. The number of anilines is 1. The third-order valence-corrected chi connectivity index (χ3v) is 6.03. The van der Waals surface area contributed by atoms with Gasteiger partial charge >= 0.3 is 0 Å². The molecule has 8 nitrogen and oxygen atoms in total. The highest BCUT2D eigenvalue weighted by molar-refractivity contribution is 6.14. The van der Waals surface area contributed by atoms with Gasteiger partial charge in [-0.2, -0.15) is 5.26 Å². The SMILES string of the molecule is COc1cc2ncc3c(c2cc1-c1ccc(OCCCN(C)C)nc1)C(C)(C#N)C(=O)N3C. The number of methoxy groups -OCH3 is 1. The van der Waals surface area contributed by atoms with Gasteiger partial charge in [-0.15, -0.1) is 0 Å². The minimum absolute atomic E-state index is 0.260. The van der Waals surface area contributed by atoms with Crippen molar-refractivity contribution in [1.82, 2.24) is 14.9 Å². The molecule has 3 aromatic rings. The smallest absolute Gasteiger partial charge is 0.251 e. The highest BCUT2D eigenvalue weighted by Gasteiger charge is 2.48. The van der Waals surface area contributed by atoms with E-state index in [-0.39, 0.29) is 5.91 Å². The Morgan fingerprint density at radius 1 is 1.21 bits per heavy atom. The average Bonchev–Trinajstić information content (AvgIpc) is 3.02. The molecule has 0 spiro atoms. The fourth-order valence-electron chi connectivity index (χ4n) is 4.22. The molecule has 0 saturated heterocycles. The first-order valence-electron chi connectivity index (χ1n) is 10.7. The number of hydrogen-bond donors (Lipinski definition) is 0. The Labute approximate surface area is 193 Å². The largest absolute Gasteiger partial charge is 0.496 e. The molecule has 0 N–H and O–H groups in total. The lowest BCUT2D eigenvalue weighted by Gasteiger charge is -2.16. The normalized spacial score (nSPS) is 17.4. The van der Waals surface area contributed by atoms with Gasteiger partial charge in [-0.25, -0.2) is 4.98 Å². The first kappa shape index (κ1) is 22.5. The topological polar surface area (TPSA) is 91.6 Å². The van der Waals surface area contributed by atoms with Crippen molar-refractivity contribution in [1.29, 1.82) is 5.26 Å². The highest BCUT2D eigenvalue weighted by Crippen LogP contribution is 2.46. The minimum atomic E-state index is -1.28. The van der Waals surface area contributed by atoms with Crippen LogP contribution in [0.4, 0.5) is 5.69 Å². The van der Waals surface area contributed by atoms with E-state index in [9.17, 15) is 10.1 Å². The fraction of sp³-hybridized carbons (Fsp3) is 0.360. The number of benzene rings is 1. The van der Waals surface area contributed by atoms with E-state index < -0.39 is 5.41 Å². The molecule has 1 aliphatic heterocycles. The molecular weight excluding hydrogens is 418 g/mol. The summed E-state index contributed by atoms with van der Waals surface area (Å²) in [4.78, 5) is 25.4. The zero-order valence-electron chi connectivity index (χ0n) is 19.5. The minimum Gasteiger partial charge on any atom is -0.496 e. The number of carbonyl (C=O) groups is 1. The van der Waals surface area contributed by atoms with Gasteiger partial charge in [-0.05, 0) is 39.6 Å². The summed E-state index contributed by atoms with van der Waals surface area (Å²) >= 11 is 0. The second-order valence-corrected chi connectivity index (χ2v) is 8.58. The lowest BCUT2D eigenvalue weighted by atomic mass is 9.83. The van der Waals surface area contributed by atoms with Crippen LogP contribution in [0.2, 0.25) is 0 Å². The van der Waals surface area contributed by atoms with Gasteiger partial charge in [0, 0.05) is 54.0 Å². The zero-order valence-corrected chi connectivity index (χ0v) is 19.5. The number of amides is 1. The Morgan fingerprint density at radius 3 is 2.64 bits per heavy atom. The van der Waals surface area contributed by atoms with E-state index in [1.54, 1.807) is 33.5 Å². The van der Waals surface area contributed by atoms with Crippen molar-refractivity contribution in [3.8, 4) is 28.8 Å². The van der Waals surface area contributed by atoms with Gasteiger partial charge in [-0.1, -0.05) is 0 Å². The van der Waals surface area contributed by atoms with Gasteiger partial charge in [0.15, 0.2) is 5.41 Å². The van der Waals surface area contributed by atoms with Crippen LogP contribution in [0.3, 0.4) is 0 Å². The summed E-state index contributed by atoms with van der Waals surface area (Å²) in [6, 6.07) is 9.73. The summed E-state index contributed by atoms with van der Waals surface area (Å²) in [6.45, 7) is 3.20. The lowest BCUT2D eigenvalue weighted by molar-refractivity contribution is -0.120. The van der Waals surface area contributed by atoms with Crippen LogP contribution in [0.1, 0.15) is 18.9 Å². The third kappa shape index (κ3) is 3.85. The molecule has 0 bridgehead atoms. The molecule has 170 valence electrons. The first-order valence-corrected chi connectivity index (χ1v) is 10.7. The Bertz CT molecular complexity index is 1250. The number of rotatable bonds is 7. The van der Waals surface area contributed by atoms with Gasteiger partial charge in [0.1, 0.15) is 5.75 Å². The van der Waals surface area contributed by atoms with Gasteiger partial charge in [0.25, 0.3) is 5.91 Å². The molecule has 1 aromatic carbocycles. The van der Waals surface area contributed by atoms with E-state index in [4.69, 9.17) is 9.47 Å². The molecule has 8 heteroatoms. The summed E-state index contributed by atoms with van der Waals surface area (Å²) in [5.41, 5.74) is 2.33. The maximum atomic E-state index is 12.8. The van der Waals surface area contributed by atoms with Crippen LogP contribution in [0.25, 0.3) is 22.0 Å². The molecule has 0 radical (unpaired) electrons. The van der Waals surface area contributed by atoms with Crippen LogP contribution >= 0.6 is 0 Å². The van der Waals surface area contributed by atoms with E-state index in [1.807, 2.05) is 38.4 Å². The van der Waals surface area contributed by atoms with Crippen molar-refractivity contribution in [3.63, 3.8) is 0 Å². The molecule has 33 heavy (non-hydrogen) atoms. The van der Waals surface area contributed by atoms with Crippen LogP contribution in [0.15, 0.2) is 36.7 Å². The zero-order chi connectivity index (χ0) is 23.8. The predicted octanol–water partition coefficient (Wildman–Crippen LogP) is 3.39. The van der Waals surface area contributed by atoms with Crippen LogP contribution in [0.5, 0.6) is 11.6 Å². The van der Waals surface area contributed by atoms with Crippen LogP contribution < -0.4 is 14.4 Å². The third-order valence-electron chi connectivity index (χ3n) is 6.03. The molecule has 0 saturated carbocycles. The van der Waals surface area contributed by atoms with E-state index in [0.717, 1.165) is 29.5 Å². The van der Waals surface area contributed by atoms with Crippen LogP contribution in [-0.2, 0) is 10.2 Å². The number of fused-ring (bicyclic) bond motifs is 3. The summed E-state index contributed by atoms with van der Waals surface area (Å²) in [5.74, 6) is 0.931.